The van der Waals surface area contributed by atoms with Crippen LogP contribution in [0.5, 0.6) is 0 Å². The van der Waals surface area contributed by atoms with Crippen molar-refractivity contribution in [3.05, 3.63) is 18.0 Å². The number of ether oxygens (including phenoxy) is 1. The minimum Gasteiger partial charge on any atom is -0.444 e. The number of hydrogen-bond donors (Lipinski definition) is 1. The Labute approximate surface area is 113 Å². The van der Waals surface area contributed by atoms with E-state index in [1.54, 1.807) is 31.6 Å². The Morgan fingerprint density at radius 2 is 2.26 bits per heavy atom. The van der Waals surface area contributed by atoms with Crippen LogP contribution in [0.4, 0.5) is 4.79 Å². The van der Waals surface area contributed by atoms with Gasteiger partial charge in [0.2, 0.25) is 0 Å². The van der Waals surface area contributed by atoms with Crippen molar-refractivity contribution in [2.45, 2.75) is 32.8 Å². The van der Waals surface area contributed by atoms with Crippen molar-refractivity contribution < 1.29 is 14.3 Å². The second-order valence-corrected chi connectivity index (χ2v) is 5.51. The van der Waals surface area contributed by atoms with Crippen LogP contribution in [0.3, 0.4) is 0 Å². The summed E-state index contributed by atoms with van der Waals surface area (Å²) < 4.78 is 6.78. The average molecular weight is 267 g/mol. The van der Waals surface area contributed by atoms with E-state index in [-0.39, 0.29) is 12.5 Å². The van der Waals surface area contributed by atoms with Crippen LogP contribution in [0.1, 0.15) is 26.3 Å². The summed E-state index contributed by atoms with van der Waals surface area (Å²) in [4.78, 5) is 22.5. The molecular weight excluding hydrogens is 246 g/mol. The molecule has 1 atom stereocenters. The largest absolute Gasteiger partial charge is 0.444 e. The molecule has 0 fully saturated rings. The van der Waals surface area contributed by atoms with Crippen LogP contribution in [0, 0.1) is 5.92 Å². The molecule has 1 N–H and O–H groups in total. The number of carbonyl (C=O) groups excluding carboxylic acids is 2. The third-order valence-corrected chi connectivity index (χ3v) is 2.36. The standard InChI is InChI=1S/C13H21N3O3/c1-13(2,3)19-12(18)14-6-11(9-17)5-10-7-15-16(4)8-10/h7-9,11H,5-6H2,1-4H3,(H,14,18). The highest BCUT2D eigenvalue weighted by Gasteiger charge is 2.17. The minimum absolute atomic E-state index is 0.257. The number of aldehydes is 1. The molecule has 0 spiro atoms. The van der Waals surface area contributed by atoms with Crippen LogP contribution in [-0.2, 0) is 23.0 Å². The van der Waals surface area contributed by atoms with Crippen LogP contribution in [-0.4, -0.2) is 34.3 Å². The Balaban J connectivity index is 2.41. The van der Waals surface area contributed by atoms with Crippen LogP contribution < -0.4 is 5.32 Å². The normalized spacial score (nSPS) is 12.8. The van der Waals surface area contributed by atoms with Gasteiger partial charge in [-0.05, 0) is 32.8 Å². The van der Waals surface area contributed by atoms with Gasteiger partial charge in [0.25, 0.3) is 0 Å². The van der Waals surface area contributed by atoms with Gasteiger partial charge in [0.05, 0.1) is 6.20 Å². The Kier molecular flexibility index (Phi) is 5.09. The van der Waals surface area contributed by atoms with Crippen molar-refractivity contribution in [1.82, 2.24) is 15.1 Å². The highest BCUT2D eigenvalue weighted by molar-refractivity contribution is 5.68. The zero-order chi connectivity index (χ0) is 14.5. The molecule has 0 aliphatic carbocycles. The van der Waals surface area contributed by atoms with E-state index in [0.29, 0.717) is 6.42 Å². The SMILES string of the molecule is Cn1cc(CC(C=O)CNC(=O)OC(C)(C)C)cn1. The Morgan fingerprint density at radius 3 is 2.74 bits per heavy atom. The quantitative estimate of drug-likeness (QED) is 0.816. The van der Waals surface area contributed by atoms with Gasteiger partial charge in [-0.3, -0.25) is 4.68 Å². The highest BCUT2D eigenvalue weighted by atomic mass is 16.6. The Morgan fingerprint density at radius 1 is 1.58 bits per heavy atom. The van der Waals surface area contributed by atoms with Crippen molar-refractivity contribution in [2.24, 2.45) is 13.0 Å². The molecule has 1 aromatic heterocycles. The van der Waals surface area contributed by atoms with Gasteiger partial charge in [-0.25, -0.2) is 4.79 Å². The third kappa shape index (κ3) is 6.03. The first-order chi connectivity index (χ1) is 8.80. The monoisotopic (exact) mass is 267 g/mol. The first kappa shape index (κ1) is 15.2. The number of nitrogens with one attached hydrogen (secondary N) is 1. The van der Waals surface area contributed by atoms with Crippen molar-refractivity contribution in [3.8, 4) is 0 Å². The van der Waals surface area contributed by atoms with Crippen molar-refractivity contribution in [3.63, 3.8) is 0 Å². The predicted molar refractivity (Wildman–Crippen MR) is 70.7 cm³/mol. The van der Waals surface area contributed by atoms with Crippen LogP contribution >= 0.6 is 0 Å². The molecule has 1 unspecified atom stereocenters. The van der Waals surface area contributed by atoms with Gasteiger partial charge in [-0.2, -0.15) is 5.10 Å². The van der Waals surface area contributed by atoms with E-state index in [0.717, 1.165) is 11.8 Å². The molecule has 106 valence electrons. The van der Waals surface area contributed by atoms with E-state index in [4.69, 9.17) is 4.74 Å². The lowest BCUT2D eigenvalue weighted by Gasteiger charge is -2.20. The maximum absolute atomic E-state index is 11.5. The fraction of sp³-hybridized carbons (Fsp3) is 0.615. The highest BCUT2D eigenvalue weighted by Crippen LogP contribution is 2.08. The Bertz CT molecular complexity index is 435. The molecule has 0 aliphatic heterocycles. The molecule has 1 aromatic rings. The van der Waals surface area contributed by atoms with Crippen molar-refractivity contribution in [2.75, 3.05) is 6.54 Å². The van der Waals surface area contributed by atoms with E-state index >= 15 is 0 Å². The van der Waals surface area contributed by atoms with Crippen LogP contribution in [0.15, 0.2) is 12.4 Å². The summed E-state index contributed by atoms with van der Waals surface area (Å²) in [5, 5.41) is 6.63. The molecule has 19 heavy (non-hydrogen) atoms. The molecular formula is C13H21N3O3. The number of carbonyl (C=O) groups is 2. The molecule has 6 heteroatoms. The van der Waals surface area contributed by atoms with E-state index in [1.165, 1.54) is 0 Å². The molecule has 0 saturated heterocycles. The smallest absolute Gasteiger partial charge is 0.407 e. The number of nitrogens with zero attached hydrogens (tertiary/aromatic N) is 2. The number of rotatable bonds is 5. The van der Waals surface area contributed by atoms with Gasteiger partial charge in [0.15, 0.2) is 0 Å². The maximum Gasteiger partial charge on any atom is 0.407 e. The molecule has 1 rings (SSSR count). The first-order valence-corrected chi connectivity index (χ1v) is 6.20. The maximum atomic E-state index is 11.5. The second-order valence-electron chi connectivity index (χ2n) is 5.51. The summed E-state index contributed by atoms with van der Waals surface area (Å²) in [6.07, 6.45) is 4.44. The van der Waals surface area contributed by atoms with E-state index in [2.05, 4.69) is 10.4 Å². The van der Waals surface area contributed by atoms with Crippen LogP contribution in [0.2, 0.25) is 0 Å². The number of alkyl carbamates (subject to hydrolysis) is 1. The number of amides is 1. The molecule has 0 saturated carbocycles. The molecule has 0 bridgehead atoms. The Hall–Kier alpha value is -1.85. The number of hydrogen-bond acceptors (Lipinski definition) is 4. The summed E-state index contributed by atoms with van der Waals surface area (Å²) >= 11 is 0. The molecule has 0 radical (unpaired) electrons. The fourth-order valence-corrected chi connectivity index (χ4v) is 1.58. The topological polar surface area (TPSA) is 73.2 Å². The minimum atomic E-state index is -0.538. The van der Waals surface area contributed by atoms with E-state index in [1.807, 2.05) is 13.2 Å². The summed E-state index contributed by atoms with van der Waals surface area (Å²) in [5.41, 5.74) is 0.426. The first-order valence-electron chi connectivity index (χ1n) is 6.20. The lowest BCUT2D eigenvalue weighted by molar-refractivity contribution is -0.110. The molecule has 0 aliphatic rings. The van der Waals surface area contributed by atoms with Crippen molar-refractivity contribution in [1.29, 1.82) is 0 Å². The second kappa shape index (κ2) is 6.36. The zero-order valence-corrected chi connectivity index (χ0v) is 11.8. The molecule has 6 nitrogen and oxygen atoms in total. The van der Waals surface area contributed by atoms with Crippen molar-refractivity contribution >= 4 is 12.4 Å². The summed E-state index contributed by atoms with van der Waals surface area (Å²) in [6.45, 7) is 5.63. The van der Waals surface area contributed by atoms with Gasteiger partial charge < -0.3 is 14.8 Å². The molecule has 1 amide bonds. The lowest BCUT2D eigenvalue weighted by atomic mass is 10.0. The third-order valence-electron chi connectivity index (χ3n) is 2.36. The fourth-order valence-electron chi connectivity index (χ4n) is 1.58. The lowest BCUT2D eigenvalue weighted by Crippen LogP contribution is -2.36. The summed E-state index contributed by atoms with van der Waals surface area (Å²) in [5.74, 6) is -0.281. The number of aryl methyl sites for hydroxylation is 1. The predicted octanol–water partition coefficient (Wildman–Crippen LogP) is 1.30. The van der Waals surface area contributed by atoms with Gasteiger partial charge >= 0.3 is 6.09 Å². The van der Waals surface area contributed by atoms with Gasteiger partial charge in [-0.15, -0.1) is 0 Å². The van der Waals surface area contributed by atoms with Gasteiger partial charge in [0.1, 0.15) is 11.9 Å². The van der Waals surface area contributed by atoms with Gasteiger partial charge in [-0.1, -0.05) is 0 Å². The van der Waals surface area contributed by atoms with E-state index < -0.39 is 11.7 Å². The summed E-state index contributed by atoms with van der Waals surface area (Å²) in [6, 6.07) is 0. The van der Waals surface area contributed by atoms with Crippen LogP contribution in [0.25, 0.3) is 0 Å². The van der Waals surface area contributed by atoms with E-state index in [9.17, 15) is 9.59 Å². The average Bonchev–Trinajstić information content (AvgIpc) is 2.67. The molecule has 0 aromatic carbocycles. The summed E-state index contributed by atoms with van der Waals surface area (Å²) in [7, 11) is 1.82. The zero-order valence-electron chi connectivity index (χ0n) is 11.8. The molecule has 1 heterocycles. The number of aromatic nitrogens is 2. The van der Waals surface area contributed by atoms with Gasteiger partial charge in [0, 0.05) is 25.7 Å².